The lowest BCUT2D eigenvalue weighted by atomic mass is 10.1. The largest absolute Gasteiger partial charge is 0.497 e. The van der Waals surface area contributed by atoms with Gasteiger partial charge in [0.1, 0.15) is 5.75 Å². The quantitative estimate of drug-likeness (QED) is 0.847. The van der Waals surface area contributed by atoms with E-state index in [2.05, 4.69) is 65.4 Å². The molecule has 1 atom stereocenters. The average molecular weight is 334 g/mol. The number of benzene rings is 2. The van der Waals surface area contributed by atoms with Crippen LogP contribution in [0.1, 0.15) is 18.1 Å². The summed E-state index contributed by atoms with van der Waals surface area (Å²) in [4.78, 5) is 0. The molecular formula is C17H20BrNO. The summed E-state index contributed by atoms with van der Waals surface area (Å²) in [6.45, 7) is 4.28. The molecule has 2 nitrogen and oxygen atoms in total. The van der Waals surface area contributed by atoms with Gasteiger partial charge in [0.05, 0.1) is 7.11 Å². The van der Waals surface area contributed by atoms with E-state index < -0.39 is 0 Å². The second-order valence-electron chi connectivity index (χ2n) is 5.08. The van der Waals surface area contributed by atoms with E-state index >= 15 is 0 Å². The van der Waals surface area contributed by atoms with Crippen molar-refractivity contribution >= 4 is 21.6 Å². The maximum absolute atomic E-state index is 5.17. The normalized spacial score (nSPS) is 12.0. The lowest BCUT2D eigenvalue weighted by molar-refractivity contribution is 0.414. The molecule has 0 bridgehead atoms. The lowest BCUT2D eigenvalue weighted by Gasteiger charge is -2.17. The van der Waals surface area contributed by atoms with Gasteiger partial charge in [0.15, 0.2) is 0 Å². The number of nitrogens with one attached hydrogen (secondary N) is 1. The van der Waals surface area contributed by atoms with Crippen LogP contribution in [-0.2, 0) is 6.42 Å². The molecule has 1 unspecified atom stereocenters. The van der Waals surface area contributed by atoms with E-state index in [9.17, 15) is 0 Å². The maximum Gasteiger partial charge on any atom is 0.118 e. The molecule has 0 spiro atoms. The first-order valence-electron chi connectivity index (χ1n) is 6.74. The van der Waals surface area contributed by atoms with Gasteiger partial charge in [-0.3, -0.25) is 0 Å². The molecule has 0 saturated heterocycles. The van der Waals surface area contributed by atoms with Gasteiger partial charge in [0, 0.05) is 16.2 Å². The third-order valence-corrected chi connectivity index (χ3v) is 3.88. The molecule has 0 saturated carbocycles. The van der Waals surface area contributed by atoms with Crippen molar-refractivity contribution in [1.82, 2.24) is 0 Å². The zero-order valence-electron chi connectivity index (χ0n) is 12.1. The topological polar surface area (TPSA) is 21.3 Å². The van der Waals surface area contributed by atoms with Crippen LogP contribution >= 0.6 is 15.9 Å². The van der Waals surface area contributed by atoms with E-state index in [0.717, 1.165) is 22.3 Å². The van der Waals surface area contributed by atoms with Crippen LogP contribution in [0.25, 0.3) is 0 Å². The number of hydrogen-bond donors (Lipinski definition) is 1. The summed E-state index contributed by atoms with van der Waals surface area (Å²) >= 11 is 3.60. The van der Waals surface area contributed by atoms with Gasteiger partial charge < -0.3 is 10.1 Å². The molecule has 20 heavy (non-hydrogen) atoms. The first-order chi connectivity index (χ1) is 9.58. The monoisotopic (exact) mass is 333 g/mol. The fraction of sp³-hybridized carbons (Fsp3) is 0.294. The van der Waals surface area contributed by atoms with Crippen LogP contribution in [0, 0.1) is 6.92 Å². The lowest BCUT2D eigenvalue weighted by Crippen LogP contribution is -2.18. The zero-order valence-corrected chi connectivity index (χ0v) is 13.7. The Kier molecular flexibility index (Phi) is 5.07. The average Bonchev–Trinajstić information content (AvgIpc) is 2.43. The number of hydrogen-bond acceptors (Lipinski definition) is 2. The first kappa shape index (κ1) is 14.9. The van der Waals surface area contributed by atoms with Crippen LogP contribution < -0.4 is 10.1 Å². The second-order valence-corrected chi connectivity index (χ2v) is 5.94. The molecule has 106 valence electrons. The number of aryl methyl sites for hydroxylation is 1. The predicted molar refractivity (Wildman–Crippen MR) is 88.7 cm³/mol. The van der Waals surface area contributed by atoms with E-state index in [0.29, 0.717) is 6.04 Å². The van der Waals surface area contributed by atoms with Crippen molar-refractivity contribution in [1.29, 1.82) is 0 Å². The highest BCUT2D eigenvalue weighted by atomic mass is 79.9. The van der Waals surface area contributed by atoms with Crippen molar-refractivity contribution in [2.45, 2.75) is 26.3 Å². The third-order valence-electron chi connectivity index (χ3n) is 3.23. The molecular weight excluding hydrogens is 314 g/mol. The molecule has 2 aromatic rings. The molecule has 0 amide bonds. The Labute approximate surface area is 129 Å². The SMILES string of the molecule is COc1ccc(CC(C)Nc2ccc(C)cc2Br)cc1. The van der Waals surface area contributed by atoms with Crippen molar-refractivity contribution in [3.05, 3.63) is 58.1 Å². The Hall–Kier alpha value is -1.48. The van der Waals surface area contributed by atoms with Gasteiger partial charge in [-0.15, -0.1) is 0 Å². The summed E-state index contributed by atoms with van der Waals surface area (Å²) in [6, 6.07) is 15.0. The summed E-state index contributed by atoms with van der Waals surface area (Å²) in [7, 11) is 1.69. The molecule has 0 aromatic heterocycles. The minimum Gasteiger partial charge on any atom is -0.497 e. The molecule has 1 N–H and O–H groups in total. The van der Waals surface area contributed by atoms with Gasteiger partial charge in [0.2, 0.25) is 0 Å². The highest BCUT2D eigenvalue weighted by Crippen LogP contribution is 2.24. The van der Waals surface area contributed by atoms with Crippen LogP contribution in [0.4, 0.5) is 5.69 Å². The van der Waals surface area contributed by atoms with E-state index in [1.807, 2.05) is 12.1 Å². The van der Waals surface area contributed by atoms with E-state index in [1.54, 1.807) is 7.11 Å². The number of rotatable bonds is 5. The summed E-state index contributed by atoms with van der Waals surface area (Å²) in [5.41, 5.74) is 3.69. The Balaban J connectivity index is 1.99. The molecule has 2 aromatic carbocycles. The Bertz CT molecular complexity index is 566. The third kappa shape index (κ3) is 4.01. The standard InChI is InChI=1S/C17H20BrNO/c1-12-4-9-17(16(18)10-12)19-13(2)11-14-5-7-15(20-3)8-6-14/h4-10,13,19H,11H2,1-3H3. The van der Waals surface area contributed by atoms with Gasteiger partial charge in [-0.1, -0.05) is 18.2 Å². The fourth-order valence-electron chi connectivity index (χ4n) is 2.17. The second kappa shape index (κ2) is 6.80. The van der Waals surface area contributed by atoms with Gasteiger partial charge >= 0.3 is 0 Å². The van der Waals surface area contributed by atoms with Gasteiger partial charge in [-0.2, -0.15) is 0 Å². The van der Waals surface area contributed by atoms with Crippen LogP contribution in [0.3, 0.4) is 0 Å². The van der Waals surface area contributed by atoms with Gasteiger partial charge in [-0.05, 0) is 71.6 Å². The highest BCUT2D eigenvalue weighted by molar-refractivity contribution is 9.10. The summed E-state index contributed by atoms with van der Waals surface area (Å²) in [6.07, 6.45) is 0.976. The van der Waals surface area contributed by atoms with Crippen LogP contribution in [0.15, 0.2) is 46.9 Å². The zero-order chi connectivity index (χ0) is 14.5. The summed E-state index contributed by atoms with van der Waals surface area (Å²) < 4.78 is 6.29. The number of anilines is 1. The molecule has 0 radical (unpaired) electrons. The van der Waals surface area contributed by atoms with Crippen LogP contribution in [-0.4, -0.2) is 13.2 Å². The Morgan fingerprint density at radius 1 is 1.15 bits per heavy atom. The first-order valence-corrected chi connectivity index (χ1v) is 7.53. The Morgan fingerprint density at radius 3 is 2.45 bits per heavy atom. The van der Waals surface area contributed by atoms with E-state index in [1.165, 1.54) is 11.1 Å². The molecule has 0 aliphatic rings. The van der Waals surface area contributed by atoms with Crippen LogP contribution in [0.2, 0.25) is 0 Å². The van der Waals surface area contributed by atoms with Crippen molar-refractivity contribution in [2.75, 3.05) is 12.4 Å². The molecule has 0 heterocycles. The number of halogens is 1. The maximum atomic E-state index is 5.17. The minimum absolute atomic E-state index is 0.363. The van der Waals surface area contributed by atoms with Crippen molar-refractivity contribution in [3.8, 4) is 5.75 Å². The molecule has 2 rings (SSSR count). The van der Waals surface area contributed by atoms with Gasteiger partial charge in [-0.25, -0.2) is 0 Å². The predicted octanol–water partition coefficient (Wildman–Crippen LogP) is 4.81. The molecule has 0 aliphatic carbocycles. The van der Waals surface area contributed by atoms with E-state index in [4.69, 9.17) is 4.74 Å². The molecule has 3 heteroatoms. The van der Waals surface area contributed by atoms with Crippen molar-refractivity contribution < 1.29 is 4.74 Å². The number of methoxy groups -OCH3 is 1. The van der Waals surface area contributed by atoms with Crippen molar-refractivity contribution in [3.63, 3.8) is 0 Å². The molecule has 0 fully saturated rings. The molecule has 0 aliphatic heterocycles. The Morgan fingerprint density at radius 2 is 1.85 bits per heavy atom. The smallest absolute Gasteiger partial charge is 0.118 e. The fourth-order valence-corrected chi connectivity index (χ4v) is 2.78. The summed E-state index contributed by atoms with van der Waals surface area (Å²) in [5.74, 6) is 0.899. The van der Waals surface area contributed by atoms with Crippen LogP contribution in [0.5, 0.6) is 5.75 Å². The van der Waals surface area contributed by atoms with Gasteiger partial charge in [0.25, 0.3) is 0 Å². The number of ether oxygens (including phenoxy) is 1. The minimum atomic E-state index is 0.363. The van der Waals surface area contributed by atoms with E-state index in [-0.39, 0.29) is 0 Å². The van der Waals surface area contributed by atoms with Crippen molar-refractivity contribution in [2.24, 2.45) is 0 Å². The summed E-state index contributed by atoms with van der Waals surface area (Å²) in [5, 5.41) is 3.54. The highest BCUT2D eigenvalue weighted by Gasteiger charge is 2.06.